The van der Waals surface area contributed by atoms with Crippen LogP contribution in [0.5, 0.6) is 0 Å². The molecule has 7 nitrogen and oxygen atoms in total. The number of hydrogen-bond donors (Lipinski definition) is 1. The van der Waals surface area contributed by atoms with Crippen molar-refractivity contribution < 1.29 is 22.4 Å². The lowest BCUT2D eigenvalue weighted by Gasteiger charge is -2.09. The zero-order chi connectivity index (χ0) is 24.1. The second kappa shape index (κ2) is 8.25. The van der Waals surface area contributed by atoms with E-state index < -0.39 is 17.8 Å². The van der Waals surface area contributed by atoms with Gasteiger partial charge in [-0.05, 0) is 48.8 Å². The van der Waals surface area contributed by atoms with Gasteiger partial charge in [-0.2, -0.15) is 23.4 Å². The van der Waals surface area contributed by atoms with Crippen LogP contribution in [0.15, 0.2) is 34.8 Å². The van der Waals surface area contributed by atoms with E-state index in [1.165, 1.54) is 17.7 Å². The van der Waals surface area contributed by atoms with Crippen LogP contribution in [-0.4, -0.2) is 30.3 Å². The summed E-state index contributed by atoms with van der Waals surface area (Å²) in [5.74, 6) is -1.12. The van der Waals surface area contributed by atoms with E-state index in [1.54, 1.807) is 32.0 Å². The summed E-state index contributed by atoms with van der Waals surface area (Å²) in [5.41, 5.74) is 0.482. The van der Waals surface area contributed by atoms with E-state index in [1.807, 2.05) is 0 Å². The highest BCUT2D eigenvalue weighted by Crippen LogP contribution is 2.33. The van der Waals surface area contributed by atoms with Gasteiger partial charge in [-0.1, -0.05) is 18.2 Å². The lowest BCUT2D eigenvalue weighted by Crippen LogP contribution is -2.16. The van der Waals surface area contributed by atoms with Gasteiger partial charge in [0.2, 0.25) is 0 Å². The van der Waals surface area contributed by atoms with Gasteiger partial charge in [-0.15, -0.1) is 0 Å². The summed E-state index contributed by atoms with van der Waals surface area (Å²) in [5, 5.41) is 10.9. The van der Waals surface area contributed by atoms with E-state index in [0.717, 1.165) is 6.07 Å². The molecule has 33 heavy (non-hydrogen) atoms. The minimum atomic E-state index is -4.69. The fraction of sp³-hybridized carbons (Fsp3) is 0.238. The molecular weight excluding hydrogens is 508 g/mol. The van der Waals surface area contributed by atoms with Crippen molar-refractivity contribution in [3.8, 4) is 0 Å². The topological polar surface area (TPSA) is 77.1 Å². The Balaban J connectivity index is 1.69. The van der Waals surface area contributed by atoms with Crippen LogP contribution in [0.2, 0.25) is 0 Å². The molecule has 4 aromatic rings. The van der Waals surface area contributed by atoms with Gasteiger partial charge in [0.25, 0.3) is 5.91 Å². The summed E-state index contributed by atoms with van der Waals surface area (Å²) >= 11 is 3.16. The molecule has 12 heteroatoms. The van der Waals surface area contributed by atoms with Gasteiger partial charge in [0.05, 0.1) is 28.1 Å². The molecule has 0 unspecified atom stereocenters. The molecule has 3 aromatic heterocycles. The van der Waals surface area contributed by atoms with Crippen molar-refractivity contribution in [2.45, 2.75) is 33.5 Å². The molecule has 4 rings (SSSR count). The number of anilines is 1. The molecule has 0 saturated carbocycles. The van der Waals surface area contributed by atoms with Gasteiger partial charge in [-0.3, -0.25) is 9.48 Å². The molecule has 0 fully saturated rings. The molecule has 3 heterocycles. The molecule has 0 aliphatic heterocycles. The van der Waals surface area contributed by atoms with Crippen molar-refractivity contribution in [2.75, 3.05) is 5.32 Å². The number of alkyl halides is 3. The van der Waals surface area contributed by atoms with Crippen LogP contribution in [0.25, 0.3) is 5.65 Å². The molecule has 172 valence electrons. The maximum atomic E-state index is 14.0. The summed E-state index contributed by atoms with van der Waals surface area (Å²) < 4.78 is 56.6. The van der Waals surface area contributed by atoms with Crippen molar-refractivity contribution in [1.82, 2.24) is 24.4 Å². The molecule has 0 bridgehead atoms. The van der Waals surface area contributed by atoms with E-state index in [4.69, 9.17) is 0 Å². The molecule has 1 N–H and O–H groups in total. The van der Waals surface area contributed by atoms with Crippen molar-refractivity contribution >= 4 is 33.2 Å². The molecule has 0 saturated heterocycles. The van der Waals surface area contributed by atoms with E-state index in [2.05, 4.69) is 36.4 Å². The summed E-state index contributed by atoms with van der Waals surface area (Å²) in [6.45, 7) is 4.92. The number of carbonyl (C=O) groups is 1. The van der Waals surface area contributed by atoms with Crippen LogP contribution in [-0.2, 0) is 12.7 Å². The van der Waals surface area contributed by atoms with Crippen molar-refractivity contribution in [1.29, 1.82) is 0 Å². The van der Waals surface area contributed by atoms with E-state index in [-0.39, 0.29) is 33.9 Å². The van der Waals surface area contributed by atoms with Crippen LogP contribution >= 0.6 is 15.9 Å². The Morgan fingerprint density at radius 1 is 1.15 bits per heavy atom. The molecular formula is C21H17BrF4N6O. The highest BCUT2D eigenvalue weighted by Gasteiger charge is 2.36. The third-order valence-electron chi connectivity index (χ3n) is 5.06. The minimum Gasteiger partial charge on any atom is -0.317 e. The Morgan fingerprint density at radius 3 is 2.52 bits per heavy atom. The zero-order valence-corrected chi connectivity index (χ0v) is 19.2. The number of nitrogens with zero attached hydrogens (tertiary/aromatic N) is 5. The first-order chi connectivity index (χ1) is 15.5. The summed E-state index contributed by atoms with van der Waals surface area (Å²) in [6.07, 6.45) is -4.69. The monoisotopic (exact) mass is 524 g/mol. The van der Waals surface area contributed by atoms with Crippen molar-refractivity contribution in [2.24, 2.45) is 0 Å². The first kappa shape index (κ1) is 22.9. The quantitative estimate of drug-likeness (QED) is 0.378. The second-order valence-corrected chi connectivity index (χ2v) is 8.22. The van der Waals surface area contributed by atoms with Crippen LogP contribution in [0, 0.1) is 26.6 Å². The SMILES string of the molecule is Cc1cc(C(F)(F)F)n2nc(C(=O)Nc3c(C)nn(Cc4ccccc4F)c3C)c(Br)c2n1. The highest BCUT2D eigenvalue weighted by atomic mass is 79.9. The van der Waals surface area contributed by atoms with Gasteiger partial charge < -0.3 is 5.32 Å². The lowest BCUT2D eigenvalue weighted by atomic mass is 10.2. The number of amides is 1. The minimum absolute atomic E-state index is 0.0308. The zero-order valence-electron chi connectivity index (χ0n) is 17.6. The summed E-state index contributed by atoms with van der Waals surface area (Å²) in [4.78, 5) is 17.0. The normalized spacial score (nSPS) is 11.9. The number of benzene rings is 1. The number of aromatic nitrogens is 5. The number of carbonyl (C=O) groups excluding carboxylic acids is 1. The van der Waals surface area contributed by atoms with E-state index in [9.17, 15) is 22.4 Å². The van der Waals surface area contributed by atoms with Gasteiger partial charge in [0.15, 0.2) is 11.3 Å². The van der Waals surface area contributed by atoms with Gasteiger partial charge >= 0.3 is 6.18 Å². The molecule has 0 atom stereocenters. The van der Waals surface area contributed by atoms with Gasteiger partial charge in [-0.25, -0.2) is 13.9 Å². The number of hydrogen-bond acceptors (Lipinski definition) is 4. The number of nitrogens with one attached hydrogen (secondary N) is 1. The molecule has 0 spiro atoms. The first-order valence-electron chi connectivity index (χ1n) is 9.69. The lowest BCUT2D eigenvalue weighted by molar-refractivity contribution is -0.142. The largest absolute Gasteiger partial charge is 0.433 e. The third-order valence-corrected chi connectivity index (χ3v) is 5.79. The molecule has 1 aromatic carbocycles. The Morgan fingerprint density at radius 2 is 1.85 bits per heavy atom. The Bertz CT molecular complexity index is 1390. The van der Waals surface area contributed by atoms with Crippen LogP contribution in [0.1, 0.15) is 38.8 Å². The third kappa shape index (κ3) is 4.22. The molecule has 0 aliphatic rings. The smallest absolute Gasteiger partial charge is 0.317 e. The van der Waals surface area contributed by atoms with Crippen LogP contribution < -0.4 is 5.32 Å². The van der Waals surface area contributed by atoms with Crippen molar-refractivity contribution in [3.63, 3.8) is 0 Å². The maximum absolute atomic E-state index is 14.0. The predicted molar refractivity (Wildman–Crippen MR) is 116 cm³/mol. The van der Waals surface area contributed by atoms with Crippen LogP contribution in [0.3, 0.4) is 0 Å². The molecule has 0 aliphatic carbocycles. The Kier molecular flexibility index (Phi) is 5.72. The van der Waals surface area contributed by atoms with E-state index >= 15 is 0 Å². The number of aryl methyl sites for hydroxylation is 2. The number of rotatable bonds is 4. The number of fused-ring (bicyclic) bond motifs is 1. The Hall–Kier alpha value is -3.28. The standard InChI is InChI=1S/C21H17BrF4N6O/c1-10-8-15(21(24,25)26)32-19(27-10)16(22)18(30-32)20(33)28-17-11(2)29-31(12(17)3)9-13-6-4-5-7-14(13)23/h4-8H,9H2,1-3H3,(H,28,33). The van der Waals surface area contributed by atoms with Gasteiger partial charge in [0.1, 0.15) is 11.5 Å². The second-order valence-electron chi connectivity index (χ2n) is 7.43. The fourth-order valence-electron chi connectivity index (χ4n) is 3.45. The summed E-state index contributed by atoms with van der Waals surface area (Å²) in [7, 11) is 0. The van der Waals surface area contributed by atoms with Crippen molar-refractivity contribution in [3.05, 3.63) is 74.7 Å². The molecule has 0 radical (unpaired) electrons. The maximum Gasteiger partial charge on any atom is 0.433 e. The molecule has 1 amide bonds. The average molecular weight is 525 g/mol. The number of halogens is 5. The predicted octanol–water partition coefficient (Wildman–Crippen LogP) is 5.07. The van der Waals surface area contributed by atoms with Gasteiger partial charge in [0, 0.05) is 11.3 Å². The average Bonchev–Trinajstić information content (AvgIpc) is 3.20. The van der Waals surface area contributed by atoms with E-state index in [0.29, 0.717) is 27.2 Å². The first-order valence-corrected chi connectivity index (χ1v) is 10.5. The Labute approximate surface area is 193 Å². The highest BCUT2D eigenvalue weighted by molar-refractivity contribution is 9.10. The summed E-state index contributed by atoms with van der Waals surface area (Å²) in [6, 6.07) is 7.12. The fourth-order valence-corrected chi connectivity index (χ4v) is 3.97. The van der Waals surface area contributed by atoms with Crippen LogP contribution in [0.4, 0.5) is 23.2 Å².